The summed E-state index contributed by atoms with van der Waals surface area (Å²) in [6, 6.07) is 0. The summed E-state index contributed by atoms with van der Waals surface area (Å²) in [4.78, 5) is 12.4. The average molecular weight is 324 g/mol. The highest BCUT2D eigenvalue weighted by molar-refractivity contribution is 7.87. The van der Waals surface area contributed by atoms with Gasteiger partial charge < -0.3 is 19.7 Å². The molecule has 0 unspecified atom stereocenters. The van der Waals surface area contributed by atoms with Crippen molar-refractivity contribution in [3.63, 3.8) is 0 Å². The quantitative estimate of drug-likeness (QED) is 0.306. The molecule has 1 rings (SSSR count). The number of aliphatic hydroxyl groups is 2. The van der Waals surface area contributed by atoms with E-state index in [9.17, 15) is 23.4 Å². The lowest BCUT2D eigenvalue weighted by Crippen LogP contribution is -2.62. The first-order valence-corrected chi connectivity index (χ1v) is 8.70. The van der Waals surface area contributed by atoms with Crippen LogP contribution in [-0.2, 0) is 19.1 Å². The molecule has 0 amide bonds. The summed E-state index contributed by atoms with van der Waals surface area (Å²) in [6.07, 6.45) is 3.48. The van der Waals surface area contributed by atoms with Gasteiger partial charge in [0.1, 0.15) is 5.88 Å². The second-order valence-corrected chi connectivity index (χ2v) is 6.71. The van der Waals surface area contributed by atoms with Gasteiger partial charge in [0.15, 0.2) is 0 Å². The summed E-state index contributed by atoms with van der Waals surface area (Å²) in [5.74, 6) is -3.80. The Kier molecular flexibility index (Phi) is 7.01. The topological polar surface area (TPSA) is 116 Å². The Hall–Kier alpha value is -0.740. The van der Waals surface area contributed by atoms with Crippen LogP contribution in [0, 0.1) is 0 Å². The number of rotatable bonds is 8. The van der Waals surface area contributed by atoms with Gasteiger partial charge in [-0.25, -0.2) is 4.90 Å². The van der Waals surface area contributed by atoms with Crippen molar-refractivity contribution in [2.75, 3.05) is 25.5 Å². The number of hydrogen-bond donors (Lipinski definition) is 3. The van der Waals surface area contributed by atoms with Crippen LogP contribution < -0.4 is 5.32 Å². The third-order valence-corrected chi connectivity index (χ3v) is 4.26. The maximum absolute atomic E-state index is 11.8. The molecule has 9 heteroatoms. The fourth-order valence-electron chi connectivity index (χ4n) is 2.03. The molecule has 3 N–H and O–H groups in total. The molecule has 0 aliphatic carbocycles. The van der Waals surface area contributed by atoms with Crippen molar-refractivity contribution in [3.8, 4) is 0 Å². The summed E-state index contributed by atoms with van der Waals surface area (Å²) in [7, 11) is -4.17. The van der Waals surface area contributed by atoms with Crippen LogP contribution in [0.25, 0.3) is 0 Å². The van der Waals surface area contributed by atoms with Gasteiger partial charge in [0.05, 0.1) is 6.54 Å². The first-order chi connectivity index (χ1) is 9.77. The summed E-state index contributed by atoms with van der Waals surface area (Å²) < 4.78 is 28.0. The smallest absolute Gasteiger partial charge is 0.325 e. The zero-order valence-electron chi connectivity index (χ0n) is 12.2. The molecular weight excluding hydrogens is 300 g/mol. The Morgan fingerprint density at radius 1 is 1.33 bits per heavy atom. The van der Waals surface area contributed by atoms with Crippen LogP contribution in [0.1, 0.15) is 39.0 Å². The zero-order chi connectivity index (χ0) is 15.9. The number of piperazine rings is 1. The molecule has 0 radical (unpaired) electrons. The third kappa shape index (κ3) is 6.70. The largest absolute Gasteiger partial charge is 0.352 e. The van der Waals surface area contributed by atoms with Crippen LogP contribution in [0.3, 0.4) is 0 Å². The molecule has 0 atom stereocenters. The van der Waals surface area contributed by atoms with E-state index in [4.69, 9.17) is 0 Å². The molecule has 8 nitrogen and oxygen atoms in total. The van der Waals surface area contributed by atoms with E-state index in [0.717, 1.165) is 24.2 Å². The van der Waals surface area contributed by atoms with Crippen molar-refractivity contribution in [2.24, 2.45) is 0 Å². The summed E-state index contributed by atoms with van der Waals surface area (Å²) >= 11 is 0. The molecule has 124 valence electrons. The van der Waals surface area contributed by atoms with Crippen LogP contribution in [0.4, 0.5) is 0 Å². The van der Waals surface area contributed by atoms with Crippen molar-refractivity contribution in [2.45, 2.75) is 44.9 Å². The van der Waals surface area contributed by atoms with E-state index < -0.39 is 27.9 Å². The lowest BCUT2D eigenvalue weighted by Gasteiger charge is -2.38. The van der Waals surface area contributed by atoms with Crippen molar-refractivity contribution in [1.82, 2.24) is 10.2 Å². The predicted molar refractivity (Wildman–Crippen MR) is 75.4 cm³/mol. The molecule has 1 fully saturated rings. The van der Waals surface area contributed by atoms with Gasteiger partial charge >= 0.3 is 16.1 Å². The number of nitrogens with one attached hydrogen (secondary N) is 1. The van der Waals surface area contributed by atoms with Crippen molar-refractivity contribution in [1.29, 1.82) is 0 Å². The Labute approximate surface area is 125 Å². The molecule has 0 spiro atoms. The van der Waals surface area contributed by atoms with Gasteiger partial charge in [-0.15, -0.1) is 0 Å². The first-order valence-electron chi connectivity index (χ1n) is 7.12. The monoisotopic (exact) mass is 324 g/mol. The fraction of sp³-hybridized carbons (Fsp3) is 0.917. The molecule has 0 aromatic heterocycles. The Morgan fingerprint density at radius 3 is 2.67 bits per heavy atom. The van der Waals surface area contributed by atoms with Crippen molar-refractivity contribution >= 4 is 16.1 Å². The van der Waals surface area contributed by atoms with Crippen molar-refractivity contribution < 1.29 is 27.6 Å². The zero-order valence-corrected chi connectivity index (χ0v) is 13.1. The van der Waals surface area contributed by atoms with Gasteiger partial charge in [0.2, 0.25) is 5.91 Å². The number of β-amino-alcohol motifs (C(OH)–C–C–N with tert-alkyl or cyclic N) is 2. The van der Waals surface area contributed by atoms with Crippen LogP contribution in [0.15, 0.2) is 0 Å². The number of nitrogens with zero attached hydrogens (tertiary/aromatic N) is 1. The molecule has 0 aromatic carbocycles. The van der Waals surface area contributed by atoms with Crippen LogP contribution in [-0.4, -0.2) is 60.9 Å². The SMILES string of the molecule is CCCCCCC(=O)OS(=O)(=O)CN1CCNCC1(O)O. The molecule has 1 aliphatic heterocycles. The van der Waals surface area contributed by atoms with Crippen molar-refractivity contribution in [3.05, 3.63) is 0 Å². The van der Waals surface area contributed by atoms with E-state index in [-0.39, 0.29) is 19.5 Å². The highest BCUT2D eigenvalue weighted by Gasteiger charge is 2.38. The summed E-state index contributed by atoms with van der Waals surface area (Å²) in [5, 5.41) is 22.0. The highest BCUT2D eigenvalue weighted by atomic mass is 32.2. The standard InChI is InChI=1S/C12H24N2O6S/c1-2-3-4-5-6-11(15)20-21(18,19)10-14-8-7-13-9-12(14,16)17/h13,16-17H,2-10H2,1H3. The lowest BCUT2D eigenvalue weighted by molar-refractivity contribution is -0.263. The molecule has 1 aliphatic rings. The Morgan fingerprint density at radius 2 is 2.05 bits per heavy atom. The van der Waals surface area contributed by atoms with Gasteiger partial charge in [-0.05, 0) is 6.42 Å². The van der Waals surface area contributed by atoms with Gasteiger partial charge in [0, 0.05) is 19.5 Å². The number of hydrogen-bond acceptors (Lipinski definition) is 8. The van der Waals surface area contributed by atoms with E-state index >= 15 is 0 Å². The molecule has 0 saturated carbocycles. The van der Waals surface area contributed by atoms with Gasteiger partial charge in [-0.3, -0.25) is 4.79 Å². The van der Waals surface area contributed by atoms with Gasteiger partial charge in [0.25, 0.3) is 0 Å². The molecule has 1 saturated heterocycles. The predicted octanol–water partition coefficient (Wildman–Crippen LogP) is -0.669. The van der Waals surface area contributed by atoms with E-state index in [1.54, 1.807) is 0 Å². The molecule has 0 aromatic rings. The van der Waals surface area contributed by atoms with Crippen LogP contribution in [0.5, 0.6) is 0 Å². The Balaban J connectivity index is 2.44. The molecular formula is C12H24N2O6S. The average Bonchev–Trinajstić information content (AvgIpc) is 2.36. The summed E-state index contributed by atoms with van der Waals surface area (Å²) in [6.45, 7) is 2.41. The summed E-state index contributed by atoms with van der Waals surface area (Å²) in [5.41, 5.74) is 0. The maximum Gasteiger partial charge on any atom is 0.325 e. The normalized spacial score (nSPS) is 19.4. The fourth-order valence-corrected chi connectivity index (χ4v) is 3.16. The van der Waals surface area contributed by atoms with Crippen LogP contribution in [0.2, 0.25) is 0 Å². The van der Waals surface area contributed by atoms with Gasteiger partial charge in [-0.2, -0.15) is 8.42 Å². The van der Waals surface area contributed by atoms with E-state index in [2.05, 4.69) is 9.50 Å². The van der Waals surface area contributed by atoms with Gasteiger partial charge in [-0.1, -0.05) is 26.2 Å². The number of unbranched alkanes of at least 4 members (excludes halogenated alkanes) is 3. The second-order valence-electron chi connectivity index (χ2n) is 5.17. The van der Waals surface area contributed by atoms with E-state index in [1.165, 1.54) is 0 Å². The third-order valence-electron chi connectivity index (χ3n) is 3.20. The number of carbonyl (C=O) groups is 1. The number of carbonyl (C=O) groups excluding carboxylic acids is 1. The minimum atomic E-state index is -4.17. The Bertz CT molecular complexity index is 437. The van der Waals surface area contributed by atoms with Crippen LogP contribution >= 0.6 is 0 Å². The lowest BCUT2D eigenvalue weighted by atomic mass is 10.2. The first kappa shape index (κ1) is 18.3. The minimum Gasteiger partial charge on any atom is -0.352 e. The minimum absolute atomic E-state index is 0.0458. The van der Waals surface area contributed by atoms with E-state index in [0.29, 0.717) is 13.0 Å². The molecule has 0 bridgehead atoms. The van der Waals surface area contributed by atoms with E-state index in [1.807, 2.05) is 6.92 Å². The maximum atomic E-state index is 11.8. The molecule has 1 heterocycles. The highest BCUT2D eigenvalue weighted by Crippen LogP contribution is 2.14. The second kappa shape index (κ2) is 8.04. The molecule has 21 heavy (non-hydrogen) atoms.